The average molecular weight is 438 g/mol. The van der Waals surface area contributed by atoms with Crippen LogP contribution in [0.3, 0.4) is 0 Å². The SMILES string of the molecule is COc1cc(OCC(O)CO)cc(C(=O)NC2CCNCC2)c1.O=C(O)C(F)(F)F. The van der Waals surface area contributed by atoms with Crippen LogP contribution in [0.2, 0.25) is 0 Å². The van der Waals surface area contributed by atoms with Crippen LogP contribution >= 0.6 is 0 Å². The van der Waals surface area contributed by atoms with Crippen molar-refractivity contribution in [3.8, 4) is 11.5 Å². The molecule has 170 valence electrons. The number of amides is 1. The van der Waals surface area contributed by atoms with Crippen LogP contribution in [-0.4, -0.2) is 78.9 Å². The molecule has 1 aliphatic rings. The minimum atomic E-state index is -5.08. The zero-order valence-electron chi connectivity index (χ0n) is 16.2. The van der Waals surface area contributed by atoms with Gasteiger partial charge in [0, 0.05) is 17.7 Å². The van der Waals surface area contributed by atoms with Crippen LogP contribution in [0.5, 0.6) is 11.5 Å². The monoisotopic (exact) mass is 438 g/mol. The number of methoxy groups -OCH3 is 1. The van der Waals surface area contributed by atoms with Gasteiger partial charge in [0.15, 0.2) is 0 Å². The lowest BCUT2D eigenvalue weighted by Gasteiger charge is -2.23. The second-order valence-electron chi connectivity index (χ2n) is 6.35. The fourth-order valence-electron chi connectivity index (χ4n) is 2.38. The van der Waals surface area contributed by atoms with Crippen LogP contribution in [0, 0.1) is 0 Å². The number of aliphatic carboxylic acids is 1. The summed E-state index contributed by atoms with van der Waals surface area (Å²) in [5.41, 5.74) is 0.441. The summed E-state index contributed by atoms with van der Waals surface area (Å²) in [5, 5.41) is 31.6. The van der Waals surface area contributed by atoms with E-state index in [-0.39, 0.29) is 25.2 Å². The van der Waals surface area contributed by atoms with Crippen LogP contribution in [-0.2, 0) is 4.79 Å². The Balaban J connectivity index is 0.000000553. The molecular formula is C18H25F3N2O7. The van der Waals surface area contributed by atoms with Gasteiger partial charge in [0.1, 0.15) is 24.2 Å². The van der Waals surface area contributed by atoms with E-state index in [1.54, 1.807) is 18.2 Å². The van der Waals surface area contributed by atoms with E-state index in [0.717, 1.165) is 25.9 Å². The minimum Gasteiger partial charge on any atom is -0.497 e. The lowest BCUT2D eigenvalue weighted by atomic mass is 10.1. The van der Waals surface area contributed by atoms with Crippen molar-refractivity contribution in [3.05, 3.63) is 23.8 Å². The standard InChI is InChI=1S/C16H24N2O5.C2HF3O2/c1-22-14-6-11(7-15(8-14)23-10-13(20)9-19)16(21)18-12-2-4-17-5-3-12;3-2(4,5)1(6)7/h6-8,12-13,17,19-20H,2-5,9-10H2,1H3,(H,18,21);(H,6,7). The molecule has 1 aromatic rings. The number of piperidine rings is 1. The van der Waals surface area contributed by atoms with Gasteiger partial charge < -0.3 is 35.4 Å². The first-order valence-corrected chi connectivity index (χ1v) is 8.99. The summed E-state index contributed by atoms with van der Waals surface area (Å²) in [7, 11) is 1.51. The third-order valence-electron chi connectivity index (χ3n) is 3.95. The Morgan fingerprint density at radius 3 is 2.30 bits per heavy atom. The highest BCUT2D eigenvalue weighted by molar-refractivity contribution is 5.95. The maximum Gasteiger partial charge on any atom is 0.490 e. The number of nitrogens with one attached hydrogen (secondary N) is 2. The van der Waals surface area contributed by atoms with E-state index in [2.05, 4.69) is 10.6 Å². The molecule has 0 aromatic heterocycles. The number of hydrogen-bond donors (Lipinski definition) is 5. The maximum absolute atomic E-state index is 12.4. The Hall–Kier alpha value is -2.57. The van der Waals surface area contributed by atoms with E-state index in [1.807, 2.05) is 0 Å². The van der Waals surface area contributed by atoms with Gasteiger partial charge in [-0.15, -0.1) is 0 Å². The van der Waals surface area contributed by atoms with Crippen molar-refractivity contribution in [2.24, 2.45) is 0 Å². The number of halogens is 3. The van der Waals surface area contributed by atoms with Crippen molar-refractivity contribution in [2.75, 3.05) is 33.4 Å². The summed E-state index contributed by atoms with van der Waals surface area (Å²) in [6.07, 6.45) is -4.24. The molecule has 1 atom stereocenters. The molecular weight excluding hydrogens is 413 g/mol. The second-order valence-corrected chi connectivity index (χ2v) is 6.35. The van der Waals surface area contributed by atoms with Crippen molar-refractivity contribution >= 4 is 11.9 Å². The van der Waals surface area contributed by atoms with Gasteiger partial charge in [0.25, 0.3) is 5.91 Å². The molecule has 12 heteroatoms. The van der Waals surface area contributed by atoms with Crippen molar-refractivity contribution in [3.63, 3.8) is 0 Å². The van der Waals surface area contributed by atoms with Crippen LogP contribution in [0.1, 0.15) is 23.2 Å². The van der Waals surface area contributed by atoms with Crippen LogP contribution in [0.4, 0.5) is 13.2 Å². The normalized spacial score (nSPS) is 15.4. The number of hydrogen-bond acceptors (Lipinski definition) is 7. The highest BCUT2D eigenvalue weighted by Gasteiger charge is 2.38. The lowest BCUT2D eigenvalue weighted by molar-refractivity contribution is -0.192. The van der Waals surface area contributed by atoms with Crippen LogP contribution in [0.15, 0.2) is 18.2 Å². The van der Waals surface area contributed by atoms with Gasteiger partial charge in [0.05, 0.1) is 13.7 Å². The number of carbonyl (C=O) groups excluding carboxylic acids is 1. The van der Waals surface area contributed by atoms with Gasteiger partial charge in [-0.05, 0) is 38.1 Å². The van der Waals surface area contributed by atoms with E-state index in [0.29, 0.717) is 17.1 Å². The van der Waals surface area contributed by atoms with Crippen molar-refractivity contribution < 1.29 is 47.6 Å². The number of aliphatic hydroxyl groups is 2. The molecule has 1 fully saturated rings. The Kier molecular flexibility index (Phi) is 10.4. The van der Waals surface area contributed by atoms with Crippen LogP contribution in [0.25, 0.3) is 0 Å². The highest BCUT2D eigenvalue weighted by Crippen LogP contribution is 2.23. The first kappa shape index (κ1) is 25.5. The Bertz CT molecular complexity index is 695. The van der Waals surface area contributed by atoms with Gasteiger partial charge in [0.2, 0.25) is 0 Å². The summed E-state index contributed by atoms with van der Waals surface area (Å²) in [6, 6.07) is 5.04. The first-order chi connectivity index (χ1) is 14.1. The lowest BCUT2D eigenvalue weighted by Crippen LogP contribution is -2.42. The number of carboxylic acids is 1. The third kappa shape index (κ3) is 9.29. The number of benzene rings is 1. The molecule has 0 spiro atoms. The molecule has 1 unspecified atom stereocenters. The topological polar surface area (TPSA) is 137 Å². The molecule has 0 saturated carbocycles. The fraction of sp³-hybridized carbons (Fsp3) is 0.556. The number of carbonyl (C=O) groups is 2. The van der Waals surface area contributed by atoms with Crippen molar-refractivity contribution in [1.82, 2.24) is 10.6 Å². The Morgan fingerprint density at radius 2 is 1.80 bits per heavy atom. The third-order valence-corrected chi connectivity index (χ3v) is 3.95. The molecule has 0 aliphatic carbocycles. The summed E-state index contributed by atoms with van der Waals surface area (Å²) in [6.45, 7) is 1.36. The summed E-state index contributed by atoms with van der Waals surface area (Å²) >= 11 is 0. The summed E-state index contributed by atoms with van der Waals surface area (Å²) in [5.74, 6) is -2.03. The van der Waals surface area contributed by atoms with Gasteiger partial charge in [-0.25, -0.2) is 4.79 Å². The molecule has 2 rings (SSSR count). The number of carboxylic acid groups (broad SMARTS) is 1. The molecule has 1 amide bonds. The molecule has 1 heterocycles. The minimum absolute atomic E-state index is 0.0565. The number of rotatable bonds is 7. The van der Waals surface area contributed by atoms with Gasteiger partial charge in [-0.3, -0.25) is 4.79 Å². The first-order valence-electron chi connectivity index (χ1n) is 8.99. The smallest absolute Gasteiger partial charge is 0.490 e. The van der Waals surface area contributed by atoms with E-state index >= 15 is 0 Å². The number of alkyl halides is 3. The van der Waals surface area contributed by atoms with Crippen molar-refractivity contribution in [2.45, 2.75) is 31.2 Å². The molecule has 9 nitrogen and oxygen atoms in total. The van der Waals surface area contributed by atoms with E-state index < -0.39 is 18.2 Å². The number of ether oxygens (including phenoxy) is 2. The molecule has 5 N–H and O–H groups in total. The largest absolute Gasteiger partial charge is 0.497 e. The fourth-order valence-corrected chi connectivity index (χ4v) is 2.38. The predicted octanol–water partition coefficient (Wildman–Crippen LogP) is 0.542. The van der Waals surface area contributed by atoms with E-state index in [9.17, 15) is 23.1 Å². The second kappa shape index (κ2) is 12.2. The summed E-state index contributed by atoms with van der Waals surface area (Å²) < 4.78 is 42.3. The van der Waals surface area contributed by atoms with Gasteiger partial charge in [-0.2, -0.15) is 13.2 Å². The van der Waals surface area contributed by atoms with Gasteiger partial charge >= 0.3 is 12.1 Å². The molecule has 0 radical (unpaired) electrons. The molecule has 1 saturated heterocycles. The highest BCUT2D eigenvalue weighted by atomic mass is 19.4. The quantitative estimate of drug-likeness (QED) is 0.416. The maximum atomic E-state index is 12.4. The van der Waals surface area contributed by atoms with Crippen LogP contribution < -0.4 is 20.1 Å². The summed E-state index contributed by atoms with van der Waals surface area (Å²) in [4.78, 5) is 21.3. The molecule has 1 aliphatic heterocycles. The Morgan fingerprint density at radius 1 is 1.23 bits per heavy atom. The molecule has 0 bridgehead atoms. The average Bonchev–Trinajstić information content (AvgIpc) is 2.72. The molecule has 1 aromatic carbocycles. The zero-order chi connectivity index (χ0) is 22.7. The number of aliphatic hydroxyl groups excluding tert-OH is 2. The van der Waals surface area contributed by atoms with E-state index in [1.165, 1.54) is 7.11 Å². The van der Waals surface area contributed by atoms with E-state index in [4.69, 9.17) is 24.5 Å². The molecule has 30 heavy (non-hydrogen) atoms. The van der Waals surface area contributed by atoms with Crippen molar-refractivity contribution in [1.29, 1.82) is 0 Å². The zero-order valence-corrected chi connectivity index (χ0v) is 16.2. The predicted molar refractivity (Wildman–Crippen MR) is 98.6 cm³/mol. The Labute approximate surface area is 170 Å². The van der Waals surface area contributed by atoms with Gasteiger partial charge in [-0.1, -0.05) is 0 Å².